The van der Waals surface area contributed by atoms with Gasteiger partial charge < -0.3 is 15.6 Å². The van der Waals surface area contributed by atoms with Gasteiger partial charge in [-0.3, -0.25) is 0 Å². The molecule has 2 heterocycles. The second-order valence-electron chi connectivity index (χ2n) is 7.71. The number of hydrogen-bond donors (Lipinski definition) is 2. The maximum absolute atomic E-state index is 6.30. The fraction of sp³-hybridized carbons (Fsp3) is 0.333. The van der Waals surface area contributed by atoms with Crippen molar-refractivity contribution in [2.45, 2.75) is 31.8 Å². The first-order chi connectivity index (χ1) is 11.4. The van der Waals surface area contributed by atoms with Crippen molar-refractivity contribution in [3.8, 4) is 0 Å². The summed E-state index contributed by atoms with van der Waals surface area (Å²) < 4.78 is 0. The van der Waals surface area contributed by atoms with Crippen LogP contribution in [0.3, 0.4) is 0 Å². The molecule has 0 aliphatic carbocycles. The Morgan fingerprint density at radius 2 is 1.96 bits per heavy atom. The third-order valence-corrected chi connectivity index (χ3v) is 5.18. The van der Waals surface area contributed by atoms with Crippen LogP contribution in [-0.2, 0) is 12.1 Å². The molecule has 24 heavy (non-hydrogen) atoms. The monoisotopic (exact) mass is 319 g/mol. The van der Waals surface area contributed by atoms with E-state index in [2.05, 4.69) is 73.2 Å². The molecular formula is C21H25N3. The molecule has 1 aliphatic rings. The molecule has 3 heteroatoms. The van der Waals surface area contributed by atoms with Crippen molar-refractivity contribution in [3.63, 3.8) is 0 Å². The molecule has 124 valence electrons. The summed E-state index contributed by atoms with van der Waals surface area (Å²) in [5.41, 5.74) is 12.6. The molecule has 0 spiro atoms. The summed E-state index contributed by atoms with van der Waals surface area (Å²) in [5, 5.41) is 1.27. The largest absolute Gasteiger partial charge is 0.361 e. The van der Waals surface area contributed by atoms with Gasteiger partial charge >= 0.3 is 0 Å². The van der Waals surface area contributed by atoms with Gasteiger partial charge in [0.25, 0.3) is 0 Å². The number of H-pyrrole nitrogens is 1. The van der Waals surface area contributed by atoms with Gasteiger partial charge in [0, 0.05) is 36.3 Å². The van der Waals surface area contributed by atoms with Crippen molar-refractivity contribution in [2.24, 2.45) is 5.73 Å². The molecular weight excluding hydrogens is 294 g/mol. The third-order valence-electron chi connectivity index (χ3n) is 5.18. The van der Waals surface area contributed by atoms with Gasteiger partial charge in [0.2, 0.25) is 0 Å². The Morgan fingerprint density at radius 1 is 1.12 bits per heavy atom. The number of aromatic nitrogens is 1. The first kappa shape index (κ1) is 15.4. The van der Waals surface area contributed by atoms with Crippen molar-refractivity contribution in [3.05, 3.63) is 70.9 Å². The molecule has 1 aromatic heterocycles. The lowest BCUT2D eigenvalue weighted by Gasteiger charge is -2.34. The zero-order valence-corrected chi connectivity index (χ0v) is 14.6. The molecule has 0 fully saturated rings. The summed E-state index contributed by atoms with van der Waals surface area (Å²) in [6.07, 6.45) is 2.00. The van der Waals surface area contributed by atoms with Gasteiger partial charge in [-0.05, 0) is 60.7 Å². The van der Waals surface area contributed by atoms with Crippen LogP contribution < -0.4 is 5.73 Å². The zero-order chi connectivity index (χ0) is 16.9. The summed E-state index contributed by atoms with van der Waals surface area (Å²) in [4.78, 5) is 5.74. The SMILES string of the molecule is CN1Cc2cc(C(C)(C)N)ccc2C(c2ccc3cc[nH]c3c2)C1. The Labute approximate surface area is 143 Å². The topological polar surface area (TPSA) is 45.0 Å². The van der Waals surface area contributed by atoms with Gasteiger partial charge in [0.1, 0.15) is 0 Å². The van der Waals surface area contributed by atoms with E-state index in [1.165, 1.54) is 33.2 Å². The van der Waals surface area contributed by atoms with E-state index in [1.807, 2.05) is 6.20 Å². The highest BCUT2D eigenvalue weighted by molar-refractivity contribution is 5.80. The predicted molar refractivity (Wildman–Crippen MR) is 100 cm³/mol. The number of rotatable bonds is 2. The van der Waals surface area contributed by atoms with Crippen molar-refractivity contribution in [1.29, 1.82) is 0 Å². The first-order valence-corrected chi connectivity index (χ1v) is 8.59. The van der Waals surface area contributed by atoms with Crippen molar-refractivity contribution < 1.29 is 0 Å². The van der Waals surface area contributed by atoms with Gasteiger partial charge in [0.15, 0.2) is 0 Å². The van der Waals surface area contributed by atoms with E-state index in [4.69, 9.17) is 5.73 Å². The predicted octanol–water partition coefficient (Wildman–Crippen LogP) is 3.94. The van der Waals surface area contributed by atoms with Crippen LogP contribution in [0.1, 0.15) is 42.0 Å². The van der Waals surface area contributed by atoms with Crippen LogP contribution in [0.4, 0.5) is 0 Å². The van der Waals surface area contributed by atoms with E-state index < -0.39 is 0 Å². The lowest BCUT2D eigenvalue weighted by Crippen LogP contribution is -2.33. The fourth-order valence-corrected chi connectivity index (χ4v) is 3.82. The average Bonchev–Trinajstić information content (AvgIpc) is 3.00. The second-order valence-corrected chi connectivity index (χ2v) is 7.71. The number of hydrogen-bond acceptors (Lipinski definition) is 2. The van der Waals surface area contributed by atoms with Crippen LogP contribution in [0.5, 0.6) is 0 Å². The van der Waals surface area contributed by atoms with Crippen LogP contribution in [0.25, 0.3) is 10.9 Å². The van der Waals surface area contributed by atoms with Crippen LogP contribution >= 0.6 is 0 Å². The summed E-state index contributed by atoms with van der Waals surface area (Å²) in [5.74, 6) is 0.404. The molecule has 3 nitrogen and oxygen atoms in total. The molecule has 0 radical (unpaired) electrons. The molecule has 1 unspecified atom stereocenters. The molecule has 1 aliphatic heterocycles. The zero-order valence-electron chi connectivity index (χ0n) is 14.6. The lowest BCUT2D eigenvalue weighted by molar-refractivity contribution is 0.295. The normalized spacial score (nSPS) is 18.8. The van der Waals surface area contributed by atoms with Gasteiger partial charge in [-0.1, -0.05) is 30.3 Å². The molecule has 0 saturated heterocycles. The average molecular weight is 319 g/mol. The molecule has 3 aromatic rings. The molecule has 4 rings (SSSR count). The minimum Gasteiger partial charge on any atom is -0.361 e. The number of nitrogens with one attached hydrogen (secondary N) is 1. The van der Waals surface area contributed by atoms with E-state index in [1.54, 1.807) is 0 Å². The van der Waals surface area contributed by atoms with Crippen LogP contribution in [-0.4, -0.2) is 23.5 Å². The van der Waals surface area contributed by atoms with Gasteiger partial charge in [-0.2, -0.15) is 0 Å². The summed E-state index contributed by atoms with van der Waals surface area (Å²) in [7, 11) is 2.20. The Bertz CT molecular complexity index is 885. The Morgan fingerprint density at radius 3 is 2.75 bits per heavy atom. The highest BCUT2D eigenvalue weighted by Crippen LogP contribution is 2.35. The molecule has 1 atom stereocenters. The lowest BCUT2D eigenvalue weighted by atomic mass is 9.82. The Kier molecular flexibility index (Phi) is 3.52. The number of nitrogens with two attached hydrogens (primary N) is 1. The van der Waals surface area contributed by atoms with Crippen LogP contribution in [0, 0.1) is 0 Å². The minimum atomic E-state index is -0.302. The van der Waals surface area contributed by atoms with E-state index in [9.17, 15) is 0 Å². The number of fused-ring (bicyclic) bond motifs is 2. The highest BCUT2D eigenvalue weighted by Gasteiger charge is 2.26. The maximum Gasteiger partial charge on any atom is 0.0456 e. The maximum atomic E-state index is 6.30. The number of nitrogens with zero attached hydrogens (tertiary/aromatic N) is 1. The van der Waals surface area contributed by atoms with E-state index in [-0.39, 0.29) is 5.54 Å². The molecule has 3 N–H and O–H groups in total. The fourth-order valence-electron chi connectivity index (χ4n) is 3.82. The summed E-state index contributed by atoms with van der Waals surface area (Å²) in [6, 6.07) is 15.7. The van der Waals surface area contributed by atoms with Crippen LogP contribution in [0.15, 0.2) is 48.7 Å². The third kappa shape index (κ3) is 2.64. The Hall–Kier alpha value is -2.10. The highest BCUT2D eigenvalue weighted by atomic mass is 15.1. The van der Waals surface area contributed by atoms with Crippen molar-refractivity contribution in [2.75, 3.05) is 13.6 Å². The van der Waals surface area contributed by atoms with Gasteiger partial charge in [0.05, 0.1) is 0 Å². The molecule has 0 amide bonds. The second kappa shape index (κ2) is 5.47. The van der Waals surface area contributed by atoms with E-state index >= 15 is 0 Å². The van der Waals surface area contributed by atoms with Crippen LogP contribution in [0.2, 0.25) is 0 Å². The summed E-state index contributed by atoms with van der Waals surface area (Å²) in [6.45, 7) is 6.17. The molecule has 0 bridgehead atoms. The van der Waals surface area contributed by atoms with Gasteiger partial charge in [-0.25, -0.2) is 0 Å². The smallest absolute Gasteiger partial charge is 0.0456 e. The van der Waals surface area contributed by atoms with Crippen molar-refractivity contribution in [1.82, 2.24) is 9.88 Å². The number of likely N-dealkylation sites (N-methyl/N-ethyl adjacent to an activating group) is 1. The minimum absolute atomic E-state index is 0.302. The quantitative estimate of drug-likeness (QED) is 0.751. The van der Waals surface area contributed by atoms with E-state index in [0.29, 0.717) is 5.92 Å². The van der Waals surface area contributed by atoms with Gasteiger partial charge in [-0.15, -0.1) is 0 Å². The number of benzene rings is 2. The standard InChI is InChI=1S/C21H25N3/c1-21(2,22)17-6-7-18-16(10-17)12-24(3)13-19(18)15-5-4-14-8-9-23-20(14)11-15/h4-11,19,23H,12-13,22H2,1-3H3. The molecule has 2 aromatic carbocycles. The molecule has 0 saturated carbocycles. The number of aromatic amines is 1. The summed E-state index contributed by atoms with van der Waals surface area (Å²) >= 11 is 0. The Balaban J connectivity index is 1.80. The first-order valence-electron chi connectivity index (χ1n) is 8.59. The van der Waals surface area contributed by atoms with E-state index in [0.717, 1.165) is 13.1 Å². The van der Waals surface area contributed by atoms with Crippen molar-refractivity contribution >= 4 is 10.9 Å².